The lowest BCUT2D eigenvalue weighted by molar-refractivity contribution is 0.0589. The van der Waals surface area contributed by atoms with Crippen LogP contribution in [0.1, 0.15) is 43.3 Å². The van der Waals surface area contributed by atoms with Crippen molar-refractivity contribution < 1.29 is 14.3 Å². The van der Waals surface area contributed by atoms with Crippen molar-refractivity contribution in [1.29, 1.82) is 0 Å². The number of amides is 1. The van der Waals surface area contributed by atoms with Crippen LogP contribution in [0.25, 0.3) is 0 Å². The third-order valence-electron chi connectivity index (χ3n) is 4.47. The molecule has 114 valence electrons. The zero-order chi connectivity index (χ0) is 14.2. The fourth-order valence-electron chi connectivity index (χ4n) is 2.98. The topological polar surface area (TPSA) is 69.5 Å². The van der Waals surface area contributed by atoms with Gasteiger partial charge in [-0.1, -0.05) is 5.21 Å². The van der Waals surface area contributed by atoms with Crippen molar-refractivity contribution >= 4 is 6.09 Å². The summed E-state index contributed by atoms with van der Waals surface area (Å²) in [6.07, 6.45) is 5.90. The van der Waals surface area contributed by atoms with Crippen molar-refractivity contribution in [2.75, 3.05) is 26.3 Å². The molecule has 1 aromatic heterocycles. The Hall–Kier alpha value is -1.63. The smallest absolute Gasteiger partial charge is 0.410 e. The van der Waals surface area contributed by atoms with E-state index in [-0.39, 0.29) is 18.2 Å². The van der Waals surface area contributed by atoms with Crippen LogP contribution < -0.4 is 0 Å². The number of hydrogen-bond donors (Lipinski definition) is 0. The molecule has 3 aliphatic rings. The Bertz CT molecular complexity index is 522. The number of carbonyl (C=O) groups is 1. The van der Waals surface area contributed by atoms with Gasteiger partial charge in [0.05, 0.1) is 24.9 Å². The molecule has 7 nitrogen and oxygen atoms in total. The first-order valence-electron chi connectivity index (χ1n) is 7.74. The maximum absolute atomic E-state index is 12.1. The fraction of sp³-hybridized carbons (Fsp3) is 0.786. The van der Waals surface area contributed by atoms with Gasteiger partial charge < -0.3 is 14.4 Å². The van der Waals surface area contributed by atoms with Crippen molar-refractivity contribution in [3.05, 3.63) is 11.9 Å². The zero-order valence-corrected chi connectivity index (χ0v) is 12.0. The van der Waals surface area contributed by atoms with Crippen molar-refractivity contribution in [2.45, 2.75) is 43.7 Å². The molecule has 1 amide bonds. The van der Waals surface area contributed by atoms with Crippen LogP contribution in [0.15, 0.2) is 6.20 Å². The number of aromatic nitrogens is 3. The first kappa shape index (κ1) is 13.1. The molecule has 1 saturated carbocycles. The lowest BCUT2D eigenvalue weighted by Gasteiger charge is -2.18. The number of nitrogens with zero attached hydrogens (tertiary/aromatic N) is 4. The van der Waals surface area contributed by atoms with E-state index < -0.39 is 0 Å². The predicted molar refractivity (Wildman–Crippen MR) is 72.9 cm³/mol. The molecule has 4 rings (SSSR count). The Balaban J connectivity index is 1.33. The van der Waals surface area contributed by atoms with Gasteiger partial charge in [-0.2, -0.15) is 0 Å². The third kappa shape index (κ3) is 2.74. The van der Waals surface area contributed by atoms with E-state index in [9.17, 15) is 4.79 Å². The quantitative estimate of drug-likeness (QED) is 0.840. The molecule has 7 heteroatoms. The zero-order valence-electron chi connectivity index (χ0n) is 12.0. The number of rotatable bonds is 3. The van der Waals surface area contributed by atoms with Crippen LogP contribution in [-0.4, -0.2) is 58.4 Å². The highest BCUT2D eigenvalue weighted by Gasteiger charge is 2.33. The summed E-state index contributed by atoms with van der Waals surface area (Å²) in [7, 11) is 0. The summed E-state index contributed by atoms with van der Waals surface area (Å²) < 4.78 is 12.6. The van der Waals surface area contributed by atoms with Crippen LogP contribution in [0.3, 0.4) is 0 Å². The van der Waals surface area contributed by atoms with E-state index in [4.69, 9.17) is 9.47 Å². The average molecular weight is 292 g/mol. The Kier molecular flexibility index (Phi) is 3.29. The van der Waals surface area contributed by atoms with E-state index in [1.54, 1.807) is 4.90 Å². The molecule has 1 aliphatic carbocycles. The van der Waals surface area contributed by atoms with Gasteiger partial charge in [0, 0.05) is 31.6 Å². The summed E-state index contributed by atoms with van der Waals surface area (Å²) in [5.74, 6) is 0.614. The van der Waals surface area contributed by atoms with Crippen LogP contribution in [0.5, 0.6) is 0 Å². The predicted octanol–water partition coefficient (Wildman–Crippen LogP) is 1.33. The van der Waals surface area contributed by atoms with E-state index in [2.05, 4.69) is 10.3 Å². The lowest BCUT2D eigenvalue weighted by atomic mass is 10.2. The third-order valence-corrected chi connectivity index (χ3v) is 4.47. The molecular weight excluding hydrogens is 272 g/mol. The van der Waals surface area contributed by atoms with E-state index >= 15 is 0 Å². The molecule has 21 heavy (non-hydrogen) atoms. The second kappa shape index (κ2) is 5.29. The van der Waals surface area contributed by atoms with Crippen LogP contribution in [0, 0.1) is 0 Å². The minimum absolute atomic E-state index is 0.0793. The molecule has 0 N–H and O–H groups in total. The van der Waals surface area contributed by atoms with Gasteiger partial charge in [0.15, 0.2) is 0 Å². The molecule has 2 aliphatic heterocycles. The largest absolute Gasteiger partial charge is 0.444 e. The summed E-state index contributed by atoms with van der Waals surface area (Å²) in [6.45, 7) is 2.58. The van der Waals surface area contributed by atoms with Crippen molar-refractivity contribution in [2.24, 2.45) is 0 Å². The first-order valence-corrected chi connectivity index (χ1v) is 7.74. The molecule has 2 atom stereocenters. The van der Waals surface area contributed by atoms with E-state index in [1.165, 1.54) is 12.8 Å². The van der Waals surface area contributed by atoms with Gasteiger partial charge in [0.2, 0.25) is 0 Å². The number of ether oxygens (including phenoxy) is 2. The average Bonchev–Trinajstić information content (AvgIpc) is 2.94. The monoisotopic (exact) mass is 292 g/mol. The highest BCUT2D eigenvalue weighted by Crippen LogP contribution is 2.39. The number of carbonyl (C=O) groups excluding carboxylic acids is 1. The van der Waals surface area contributed by atoms with Gasteiger partial charge in [-0.05, 0) is 19.3 Å². The van der Waals surface area contributed by atoms with Crippen molar-refractivity contribution in [1.82, 2.24) is 19.9 Å². The molecule has 3 fully saturated rings. The molecule has 3 heterocycles. The second-order valence-electron chi connectivity index (χ2n) is 6.16. The number of hydrogen-bond acceptors (Lipinski definition) is 5. The molecule has 0 aromatic carbocycles. The molecule has 0 radical (unpaired) electrons. The van der Waals surface area contributed by atoms with E-state index in [1.807, 2.05) is 10.9 Å². The minimum Gasteiger partial charge on any atom is -0.444 e. The normalized spacial score (nSPS) is 29.0. The Labute approximate surface area is 123 Å². The summed E-state index contributed by atoms with van der Waals surface area (Å²) in [6, 6.07) is 0.220. The Morgan fingerprint density at radius 3 is 3.00 bits per heavy atom. The Morgan fingerprint density at radius 1 is 1.33 bits per heavy atom. The molecule has 0 unspecified atom stereocenters. The second-order valence-corrected chi connectivity index (χ2v) is 6.16. The molecule has 0 bridgehead atoms. The molecule has 2 saturated heterocycles. The van der Waals surface area contributed by atoms with Gasteiger partial charge in [-0.25, -0.2) is 9.48 Å². The van der Waals surface area contributed by atoms with Gasteiger partial charge in [-0.15, -0.1) is 5.10 Å². The summed E-state index contributed by atoms with van der Waals surface area (Å²) in [4.78, 5) is 13.9. The van der Waals surface area contributed by atoms with Crippen LogP contribution in [0.2, 0.25) is 0 Å². The SMILES string of the molecule is O=C(O[C@@H]1CCOC1)N1CC[C@H](n2cc(C3CC3)nn2)C1. The summed E-state index contributed by atoms with van der Waals surface area (Å²) in [5.41, 5.74) is 1.10. The van der Waals surface area contributed by atoms with E-state index in [0.29, 0.717) is 25.7 Å². The van der Waals surface area contributed by atoms with Gasteiger partial charge >= 0.3 is 6.09 Å². The van der Waals surface area contributed by atoms with Gasteiger partial charge in [-0.3, -0.25) is 0 Å². The van der Waals surface area contributed by atoms with Crippen LogP contribution >= 0.6 is 0 Å². The number of likely N-dealkylation sites (tertiary alicyclic amines) is 1. The van der Waals surface area contributed by atoms with Gasteiger partial charge in [0.1, 0.15) is 6.10 Å². The summed E-state index contributed by atoms with van der Waals surface area (Å²) >= 11 is 0. The maximum atomic E-state index is 12.1. The lowest BCUT2D eigenvalue weighted by Crippen LogP contribution is -2.33. The van der Waals surface area contributed by atoms with Gasteiger partial charge in [0.25, 0.3) is 0 Å². The Morgan fingerprint density at radius 2 is 2.24 bits per heavy atom. The van der Waals surface area contributed by atoms with Crippen molar-refractivity contribution in [3.63, 3.8) is 0 Å². The summed E-state index contributed by atoms with van der Waals surface area (Å²) in [5, 5.41) is 8.46. The van der Waals surface area contributed by atoms with Crippen molar-refractivity contribution in [3.8, 4) is 0 Å². The molecular formula is C14H20N4O3. The minimum atomic E-state index is -0.226. The highest BCUT2D eigenvalue weighted by molar-refractivity contribution is 5.68. The van der Waals surface area contributed by atoms with Crippen LogP contribution in [0.4, 0.5) is 4.79 Å². The molecule has 0 spiro atoms. The van der Waals surface area contributed by atoms with E-state index in [0.717, 1.165) is 25.1 Å². The fourth-order valence-corrected chi connectivity index (χ4v) is 2.98. The highest BCUT2D eigenvalue weighted by atomic mass is 16.6. The van der Waals surface area contributed by atoms with Crippen LogP contribution in [-0.2, 0) is 9.47 Å². The molecule has 1 aromatic rings. The first-order chi connectivity index (χ1) is 10.3. The standard InChI is InChI=1S/C14H20N4O3/c19-14(21-12-4-6-20-9-12)17-5-3-11(7-17)18-8-13(15-16-18)10-1-2-10/h8,10-12H,1-7,9H2/t11-,12+/m0/s1. The maximum Gasteiger partial charge on any atom is 0.410 e.